The number of benzene rings is 1. The summed E-state index contributed by atoms with van der Waals surface area (Å²) in [6.45, 7) is 6.01. The number of amides is 4. The number of carbonyl (C=O) groups is 4. The van der Waals surface area contributed by atoms with Gasteiger partial charge >= 0.3 is 6.09 Å². The summed E-state index contributed by atoms with van der Waals surface area (Å²) in [5, 5.41) is 5.86. The number of alkyl carbamates (subject to hydrolysis) is 1. The number of nitrogens with one attached hydrogen (secondary N) is 3. The molecule has 0 unspecified atom stereocenters. The Balaban J connectivity index is 1.18. The molecule has 3 heterocycles. The van der Waals surface area contributed by atoms with Crippen LogP contribution in [0.4, 0.5) is 4.79 Å². The van der Waals surface area contributed by atoms with Gasteiger partial charge in [0, 0.05) is 35.4 Å². The van der Waals surface area contributed by atoms with Gasteiger partial charge in [-0.05, 0) is 82.6 Å². The number of hydrogen-bond acceptors (Lipinski definition) is 11. The molecule has 1 aromatic carbocycles. The molecule has 0 spiro atoms. The van der Waals surface area contributed by atoms with Gasteiger partial charge in [0.1, 0.15) is 41.3 Å². The summed E-state index contributed by atoms with van der Waals surface area (Å²) >= 11 is 0. The van der Waals surface area contributed by atoms with Crippen LogP contribution in [0.3, 0.4) is 0 Å². The van der Waals surface area contributed by atoms with Crippen LogP contribution in [0.25, 0.3) is 17.0 Å². The van der Waals surface area contributed by atoms with Crippen LogP contribution in [0.2, 0.25) is 0 Å². The van der Waals surface area contributed by atoms with Crippen molar-refractivity contribution in [2.75, 3.05) is 20.3 Å². The Kier molecular flexibility index (Phi) is 11.5. The van der Waals surface area contributed by atoms with Crippen molar-refractivity contribution in [3.8, 4) is 17.4 Å². The fourth-order valence-electron chi connectivity index (χ4n) is 9.54. The van der Waals surface area contributed by atoms with Gasteiger partial charge in [-0.1, -0.05) is 37.5 Å². The zero-order valence-corrected chi connectivity index (χ0v) is 34.6. The number of ether oxygens (including phenoxy) is 4. The molecular formula is C43H55N5O10S. The molecule has 4 saturated carbocycles. The van der Waals surface area contributed by atoms with E-state index in [4.69, 9.17) is 23.9 Å². The van der Waals surface area contributed by atoms with Gasteiger partial charge in [0.25, 0.3) is 5.91 Å². The minimum atomic E-state index is -3.91. The topological polar surface area (TPSA) is 192 Å². The van der Waals surface area contributed by atoms with E-state index >= 15 is 4.79 Å². The average molecular weight is 834 g/mol. The maximum absolute atomic E-state index is 15.0. The molecule has 4 bridgehead atoms. The van der Waals surface area contributed by atoms with Crippen LogP contribution in [0.5, 0.6) is 17.4 Å². The third-order valence-electron chi connectivity index (χ3n) is 13.0. The maximum atomic E-state index is 15.0. The van der Waals surface area contributed by atoms with Gasteiger partial charge in [-0.2, -0.15) is 0 Å². The lowest BCUT2D eigenvalue weighted by molar-refractivity contribution is -0.142. The Morgan fingerprint density at radius 3 is 2.54 bits per heavy atom. The summed E-state index contributed by atoms with van der Waals surface area (Å²) in [4.78, 5) is 63.3. The van der Waals surface area contributed by atoms with Crippen LogP contribution in [-0.2, 0) is 29.1 Å². The van der Waals surface area contributed by atoms with E-state index in [1.165, 1.54) is 11.0 Å². The van der Waals surface area contributed by atoms with Gasteiger partial charge in [0.15, 0.2) is 0 Å². The lowest BCUT2D eigenvalue weighted by atomic mass is 9.83. The molecule has 6 aliphatic rings. The first-order chi connectivity index (χ1) is 28.4. The van der Waals surface area contributed by atoms with E-state index in [0.717, 1.165) is 37.7 Å². The van der Waals surface area contributed by atoms with Crippen molar-refractivity contribution in [2.45, 2.75) is 125 Å². The second kappa shape index (κ2) is 16.7. The van der Waals surface area contributed by atoms with E-state index in [9.17, 15) is 22.8 Å². The number of fused-ring (bicyclic) bond motifs is 4. The Morgan fingerprint density at radius 2 is 1.83 bits per heavy atom. The van der Waals surface area contributed by atoms with Crippen molar-refractivity contribution in [1.82, 2.24) is 25.2 Å². The summed E-state index contributed by atoms with van der Waals surface area (Å²) in [5.74, 6) is -1.18. The van der Waals surface area contributed by atoms with Gasteiger partial charge in [0.2, 0.25) is 27.7 Å². The number of methoxy groups -OCH3 is 1. The number of sulfonamides is 1. The predicted molar refractivity (Wildman–Crippen MR) is 218 cm³/mol. The summed E-state index contributed by atoms with van der Waals surface area (Å²) in [5.41, 5.74) is -0.202. The highest BCUT2D eigenvalue weighted by molar-refractivity contribution is 7.91. The van der Waals surface area contributed by atoms with Crippen LogP contribution in [0.15, 0.2) is 36.9 Å². The highest BCUT2D eigenvalue weighted by Gasteiger charge is 2.62. The minimum absolute atomic E-state index is 0.0155. The summed E-state index contributed by atoms with van der Waals surface area (Å²) in [7, 11) is -2.32. The van der Waals surface area contributed by atoms with Crippen LogP contribution in [-0.4, -0.2) is 97.5 Å². The summed E-state index contributed by atoms with van der Waals surface area (Å²) in [6, 6.07) is 3.35. The Labute approximate surface area is 345 Å². The Morgan fingerprint density at radius 1 is 1.05 bits per heavy atom. The van der Waals surface area contributed by atoms with E-state index in [-0.39, 0.29) is 37.3 Å². The molecule has 8 rings (SSSR count). The first-order valence-electron chi connectivity index (χ1n) is 21.2. The van der Waals surface area contributed by atoms with E-state index in [1.54, 1.807) is 13.2 Å². The molecule has 3 N–H and O–H groups in total. The fraction of sp³-hybridized carbons (Fsp3) is 0.605. The third-order valence-corrected chi connectivity index (χ3v) is 14.8. The Hall–Kier alpha value is -4.86. The number of rotatable bonds is 10. The van der Waals surface area contributed by atoms with Crippen molar-refractivity contribution in [3.05, 3.63) is 42.5 Å². The number of hydrogen-bond donors (Lipinski definition) is 3. The van der Waals surface area contributed by atoms with Crippen molar-refractivity contribution in [3.63, 3.8) is 0 Å². The molecule has 0 radical (unpaired) electrons. The van der Waals surface area contributed by atoms with Crippen LogP contribution in [0, 0.1) is 17.8 Å². The molecule has 7 atom stereocenters. The second-order valence-corrected chi connectivity index (χ2v) is 18.9. The molecule has 4 amide bonds. The van der Waals surface area contributed by atoms with Gasteiger partial charge in [0.05, 0.1) is 31.0 Å². The quantitative estimate of drug-likeness (QED) is 0.276. The van der Waals surface area contributed by atoms with E-state index < -0.39 is 68.7 Å². The molecule has 1 aromatic heterocycles. The highest BCUT2D eigenvalue weighted by Crippen LogP contribution is 2.46. The number of carbonyl (C=O) groups excluding carboxylic acids is 4. The monoisotopic (exact) mass is 833 g/mol. The molecule has 2 aromatic rings. The molecule has 318 valence electrons. The number of allylic oxidation sites excluding steroid dienone is 1. The standard InChI is InChI=1S/C43H55N5O10S/c1-4-28-23-43(28,41(51)47-59(53,54)30-17-18-30)46-39(49)33-20-29-24-48(33)40(50)38(26-11-7-6-8-12-26)45-42(52)58-34-16-10-14-25(34)13-9-15-27-19-31-32(21-35(27)55-3)44-37(56-5-2)22-36(31)57-29/h4,9,15,19,21-22,25-26,28-30,33-34,38H,1,5-8,10-14,16-18,20,23-24H2,2-3H3,(H,45,52)(H,46,49)(H,47,51)/b15-9+/t25-,28-,29+,33-,34-,38-,43+/m0/s1. The van der Waals surface area contributed by atoms with Crippen molar-refractivity contribution >= 4 is 50.8 Å². The molecule has 5 fully saturated rings. The largest absolute Gasteiger partial charge is 0.496 e. The van der Waals surface area contributed by atoms with E-state index in [0.29, 0.717) is 73.4 Å². The molecule has 16 heteroatoms. The lowest BCUT2D eigenvalue weighted by Gasteiger charge is -2.35. The third kappa shape index (κ3) is 8.46. The van der Waals surface area contributed by atoms with Crippen LogP contribution in [0.1, 0.15) is 96.0 Å². The van der Waals surface area contributed by atoms with Crippen LogP contribution < -0.4 is 29.6 Å². The molecule has 1 saturated heterocycles. The molecular weight excluding hydrogens is 779 g/mol. The number of aromatic nitrogens is 1. The molecule has 2 aliphatic heterocycles. The zero-order valence-electron chi connectivity index (χ0n) is 33.8. The summed E-state index contributed by atoms with van der Waals surface area (Å²) in [6.07, 6.45) is 12.4. The number of pyridine rings is 1. The van der Waals surface area contributed by atoms with Gasteiger partial charge in [-0.25, -0.2) is 18.2 Å². The first-order valence-corrected chi connectivity index (χ1v) is 22.7. The van der Waals surface area contributed by atoms with E-state index in [2.05, 4.69) is 28.0 Å². The minimum Gasteiger partial charge on any atom is -0.496 e. The highest BCUT2D eigenvalue weighted by atomic mass is 32.2. The fourth-order valence-corrected chi connectivity index (χ4v) is 10.9. The predicted octanol–water partition coefficient (Wildman–Crippen LogP) is 4.92. The smallest absolute Gasteiger partial charge is 0.408 e. The zero-order chi connectivity index (χ0) is 41.5. The second-order valence-electron chi connectivity index (χ2n) is 17.0. The van der Waals surface area contributed by atoms with Gasteiger partial charge in [-0.15, -0.1) is 6.58 Å². The van der Waals surface area contributed by atoms with E-state index in [1.807, 2.05) is 25.1 Å². The molecule has 15 nitrogen and oxygen atoms in total. The maximum Gasteiger partial charge on any atom is 0.408 e. The lowest BCUT2D eigenvalue weighted by Crippen LogP contribution is -2.59. The summed E-state index contributed by atoms with van der Waals surface area (Å²) < 4.78 is 52.3. The first kappa shape index (κ1) is 40.9. The Bertz CT molecular complexity index is 2140. The van der Waals surface area contributed by atoms with Crippen molar-refractivity contribution in [2.24, 2.45) is 17.8 Å². The van der Waals surface area contributed by atoms with Crippen molar-refractivity contribution < 1.29 is 46.5 Å². The molecule has 59 heavy (non-hydrogen) atoms. The SMILES string of the molecule is C=C[C@H]1C[C@]1(NC(=O)[C@@H]1C[C@@H]2CN1C(=O)[C@H](C1CCCCC1)NC(=O)O[C@H]1CCC[C@@H]1C/C=C/c1cc3c(cc(OCC)nc3cc1OC)O2)C(=O)NS(=O)(=O)C1CC1. The average Bonchev–Trinajstić information content (AvgIpc) is 4.12. The van der Waals surface area contributed by atoms with Gasteiger partial charge in [-0.3, -0.25) is 19.1 Å². The molecule has 4 aliphatic carbocycles. The van der Waals surface area contributed by atoms with Crippen molar-refractivity contribution in [1.29, 1.82) is 0 Å². The van der Waals surface area contributed by atoms with Gasteiger partial charge < -0.3 is 34.5 Å². The number of nitrogens with zero attached hydrogens (tertiary/aromatic N) is 2. The van der Waals surface area contributed by atoms with Crippen LogP contribution >= 0.6 is 0 Å². The normalized spacial score (nSPS) is 30.5.